The van der Waals surface area contributed by atoms with Crippen molar-refractivity contribution in [3.8, 4) is 0 Å². The monoisotopic (exact) mass is 403 g/mol. The van der Waals surface area contributed by atoms with Crippen LogP contribution in [-0.2, 0) is 19.1 Å². The zero-order valence-corrected chi connectivity index (χ0v) is 15.6. The summed E-state index contributed by atoms with van der Waals surface area (Å²) in [6.45, 7) is 0.952. The van der Waals surface area contributed by atoms with Crippen molar-refractivity contribution in [2.24, 2.45) is 0 Å². The van der Waals surface area contributed by atoms with E-state index in [1.807, 2.05) is 0 Å². The molecule has 0 aromatic heterocycles. The Balaban J connectivity index is 1.63. The predicted molar refractivity (Wildman–Crippen MR) is 99.3 cm³/mol. The van der Waals surface area contributed by atoms with Crippen molar-refractivity contribution in [3.63, 3.8) is 0 Å². The van der Waals surface area contributed by atoms with Crippen LogP contribution in [0, 0.1) is 0 Å². The summed E-state index contributed by atoms with van der Waals surface area (Å²) in [6, 6.07) is 3.80. The molecule has 0 radical (unpaired) electrons. The van der Waals surface area contributed by atoms with Crippen molar-refractivity contribution in [1.82, 2.24) is 10.2 Å². The Morgan fingerprint density at radius 1 is 1.21 bits per heavy atom. The quantitative estimate of drug-likeness (QED) is 0.397. The van der Waals surface area contributed by atoms with Crippen LogP contribution in [0.3, 0.4) is 0 Å². The number of fused-ring (bicyclic) bond motifs is 1. The zero-order chi connectivity index (χ0) is 21.0. The van der Waals surface area contributed by atoms with Crippen LogP contribution in [0.4, 0.5) is 5.69 Å². The SMILES string of the molecule is O=C(O)CCCOCCNc1cccc2c1C(=O)N(C1CCC(=O)NC1=O)C2=O. The number of anilines is 1. The summed E-state index contributed by atoms with van der Waals surface area (Å²) < 4.78 is 5.34. The molecule has 2 aliphatic rings. The highest BCUT2D eigenvalue weighted by Gasteiger charge is 2.45. The van der Waals surface area contributed by atoms with E-state index < -0.39 is 35.6 Å². The second kappa shape index (κ2) is 8.82. The highest BCUT2D eigenvalue weighted by atomic mass is 16.5. The van der Waals surface area contributed by atoms with Crippen LogP contribution in [0.2, 0.25) is 0 Å². The maximum atomic E-state index is 12.9. The van der Waals surface area contributed by atoms with Gasteiger partial charge < -0.3 is 15.2 Å². The van der Waals surface area contributed by atoms with E-state index in [0.717, 1.165) is 4.90 Å². The molecule has 1 unspecified atom stereocenters. The van der Waals surface area contributed by atoms with Crippen molar-refractivity contribution in [2.75, 3.05) is 25.1 Å². The summed E-state index contributed by atoms with van der Waals surface area (Å²) in [4.78, 5) is 60.4. The van der Waals surface area contributed by atoms with E-state index in [0.29, 0.717) is 31.9 Å². The second-order valence-corrected chi connectivity index (χ2v) is 6.71. The van der Waals surface area contributed by atoms with Gasteiger partial charge in [0.05, 0.1) is 17.7 Å². The van der Waals surface area contributed by atoms with Gasteiger partial charge in [-0.25, -0.2) is 0 Å². The molecule has 3 N–H and O–H groups in total. The van der Waals surface area contributed by atoms with Crippen LogP contribution in [0.15, 0.2) is 18.2 Å². The van der Waals surface area contributed by atoms with Crippen LogP contribution in [-0.4, -0.2) is 65.4 Å². The van der Waals surface area contributed by atoms with Gasteiger partial charge in [0, 0.05) is 31.7 Å². The first-order valence-electron chi connectivity index (χ1n) is 9.28. The summed E-state index contributed by atoms with van der Waals surface area (Å²) in [5.74, 6) is -3.10. The fourth-order valence-corrected chi connectivity index (χ4v) is 3.35. The Kier molecular flexibility index (Phi) is 6.23. The Hall–Kier alpha value is -3.27. The lowest BCUT2D eigenvalue weighted by Gasteiger charge is -2.27. The molecular weight excluding hydrogens is 382 g/mol. The lowest BCUT2D eigenvalue weighted by Crippen LogP contribution is -2.54. The van der Waals surface area contributed by atoms with Crippen LogP contribution in [0.1, 0.15) is 46.4 Å². The standard InChI is InChI=1S/C19H21N3O7/c23-14-7-6-13(17(26)21-14)22-18(27)11-3-1-4-12(16(11)19(22)28)20-8-10-29-9-2-5-15(24)25/h1,3-4,13,20H,2,5-10H2,(H,24,25)(H,21,23,26). The van der Waals surface area contributed by atoms with E-state index in [9.17, 15) is 24.0 Å². The second-order valence-electron chi connectivity index (χ2n) is 6.71. The highest BCUT2D eigenvalue weighted by Crippen LogP contribution is 2.32. The molecule has 10 heteroatoms. The molecule has 0 aliphatic carbocycles. The molecule has 2 aliphatic heterocycles. The number of carbonyl (C=O) groups is 5. The fourth-order valence-electron chi connectivity index (χ4n) is 3.35. The van der Waals surface area contributed by atoms with Crippen LogP contribution in [0.5, 0.6) is 0 Å². The van der Waals surface area contributed by atoms with Gasteiger partial charge >= 0.3 is 5.97 Å². The number of aliphatic carboxylic acids is 1. The molecule has 1 aromatic rings. The van der Waals surface area contributed by atoms with E-state index in [4.69, 9.17) is 9.84 Å². The zero-order valence-electron chi connectivity index (χ0n) is 15.6. The van der Waals surface area contributed by atoms with E-state index >= 15 is 0 Å². The van der Waals surface area contributed by atoms with Crippen molar-refractivity contribution in [2.45, 2.75) is 31.7 Å². The molecule has 0 saturated carbocycles. The molecule has 10 nitrogen and oxygen atoms in total. The van der Waals surface area contributed by atoms with Crippen molar-refractivity contribution in [3.05, 3.63) is 29.3 Å². The Morgan fingerprint density at radius 2 is 2.00 bits per heavy atom. The maximum absolute atomic E-state index is 12.9. The number of benzene rings is 1. The number of carboxylic acids is 1. The summed E-state index contributed by atoms with van der Waals surface area (Å²) in [6.07, 6.45) is 0.605. The molecule has 1 saturated heterocycles. The Bertz CT molecular complexity index is 867. The van der Waals surface area contributed by atoms with Crippen LogP contribution in [0.25, 0.3) is 0 Å². The van der Waals surface area contributed by atoms with E-state index in [-0.39, 0.29) is 30.4 Å². The number of nitrogens with one attached hydrogen (secondary N) is 2. The molecule has 3 rings (SSSR count). The van der Waals surface area contributed by atoms with Gasteiger partial charge in [-0.05, 0) is 25.0 Å². The number of amides is 4. The number of rotatable bonds is 9. The van der Waals surface area contributed by atoms with Crippen LogP contribution < -0.4 is 10.6 Å². The van der Waals surface area contributed by atoms with E-state index in [1.54, 1.807) is 12.1 Å². The number of carbonyl (C=O) groups excluding carboxylic acids is 4. The summed E-state index contributed by atoms with van der Waals surface area (Å²) in [5, 5.41) is 13.8. The van der Waals surface area contributed by atoms with Crippen molar-refractivity contribution >= 4 is 35.3 Å². The average molecular weight is 403 g/mol. The Labute approximate surface area is 166 Å². The Morgan fingerprint density at radius 3 is 2.72 bits per heavy atom. The van der Waals surface area contributed by atoms with Gasteiger partial charge in [0.25, 0.3) is 11.8 Å². The summed E-state index contributed by atoms with van der Waals surface area (Å²) >= 11 is 0. The number of carboxylic acid groups (broad SMARTS) is 1. The lowest BCUT2D eigenvalue weighted by molar-refractivity contribution is -0.138. The number of hydrogen-bond acceptors (Lipinski definition) is 7. The minimum atomic E-state index is -1.01. The van der Waals surface area contributed by atoms with Gasteiger partial charge in [0.15, 0.2) is 0 Å². The van der Waals surface area contributed by atoms with Gasteiger partial charge in [-0.2, -0.15) is 0 Å². The third-order valence-electron chi connectivity index (χ3n) is 4.71. The number of piperidine rings is 1. The molecule has 154 valence electrons. The fraction of sp³-hybridized carbons (Fsp3) is 0.421. The lowest BCUT2D eigenvalue weighted by atomic mass is 10.0. The van der Waals surface area contributed by atoms with Gasteiger partial charge in [-0.1, -0.05) is 6.07 Å². The minimum absolute atomic E-state index is 0.0341. The molecule has 2 heterocycles. The number of hydrogen-bond donors (Lipinski definition) is 3. The van der Waals surface area contributed by atoms with Gasteiger partial charge in [-0.15, -0.1) is 0 Å². The largest absolute Gasteiger partial charge is 0.481 e. The predicted octanol–water partition coefficient (Wildman–Crippen LogP) is 0.381. The summed E-state index contributed by atoms with van der Waals surface area (Å²) in [7, 11) is 0. The molecule has 4 amide bonds. The summed E-state index contributed by atoms with van der Waals surface area (Å²) in [5.41, 5.74) is 0.838. The smallest absolute Gasteiger partial charge is 0.303 e. The van der Waals surface area contributed by atoms with Crippen molar-refractivity contribution in [1.29, 1.82) is 0 Å². The third kappa shape index (κ3) is 4.43. The first-order valence-corrected chi connectivity index (χ1v) is 9.28. The van der Waals surface area contributed by atoms with Gasteiger partial charge in [0.2, 0.25) is 11.8 Å². The maximum Gasteiger partial charge on any atom is 0.303 e. The van der Waals surface area contributed by atoms with E-state index in [2.05, 4.69) is 10.6 Å². The normalized spacial score (nSPS) is 18.6. The van der Waals surface area contributed by atoms with Crippen molar-refractivity contribution < 1.29 is 33.8 Å². The molecule has 1 fully saturated rings. The topological polar surface area (TPSA) is 142 Å². The van der Waals surface area contributed by atoms with Crippen LogP contribution >= 0.6 is 0 Å². The van der Waals surface area contributed by atoms with E-state index in [1.165, 1.54) is 6.07 Å². The average Bonchev–Trinajstić information content (AvgIpc) is 2.92. The molecule has 1 aromatic carbocycles. The number of imide groups is 2. The molecular formula is C19H21N3O7. The minimum Gasteiger partial charge on any atom is -0.481 e. The van der Waals surface area contributed by atoms with Gasteiger partial charge in [0.1, 0.15) is 6.04 Å². The third-order valence-corrected chi connectivity index (χ3v) is 4.71. The highest BCUT2D eigenvalue weighted by molar-refractivity contribution is 6.25. The first kappa shape index (κ1) is 20.5. The molecule has 0 bridgehead atoms. The molecule has 0 spiro atoms. The number of nitrogens with zero attached hydrogens (tertiary/aromatic N) is 1. The van der Waals surface area contributed by atoms with Gasteiger partial charge in [-0.3, -0.25) is 34.2 Å². The first-order chi connectivity index (χ1) is 13.9. The molecule has 29 heavy (non-hydrogen) atoms. The number of ether oxygens (including phenoxy) is 1. The molecule has 1 atom stereocenters.